The lowest BCUT2D eigenvalue weighted by Crippen LogP contribution is -2.06. The van der Waals surface area contributed by atoms with E-state index >= 15 is 0 Å². The van der Waals surface area contributed by atoms with E-state index in [1.165, 1.54) is 12.1 Å². The molecule has 0 radical (unpaired) electrons. The first-order chi connectivity index (χ1) is 8.88. The normalized spacial score (nSPS) is 20.9. The van der Waals surface area contributed by atoms with Crippen molar-refractivity contribution in [2.75, 3.05) is 0 Å². The lowest BCUT2D eigenvalue weighted by atomic mass is 9.95. The number of allylic oxidation sites excluding steroid dienone is 1. The molecule has 1 aromatic carbocycles. The number of alkyl halides is 3. The van der Waals surface area contributed by atoms with Gasteiger partial charge in [-0.1, -0.05) is 18.6 Å². The average molecular weight is 270 g/mol. The van der Waals surface area contributed by atoms with Crippen LogP contribution in [0.4, 0.5) is 13.2 Å². The van der Waals surface area contributed by atoms with E-state index in [4.69, 9.17) is 0 Å². The summed E-state index contributed by atoms with van der Waals surface area (Å²) in [6.07, 6.45) is 0.430. The zero-order valence-electron chi connectivity index (χ0n) is 10.8. The van der Waals surface area contributed by atoms with Gasteiger partial charge in [0.15, 0.2) is 0 Å². The molecule has 19 heavy (non-hydrogen) atoms. The molecule has 0 amide bonds. The van der Waals surface area contributed by atoms with E-state index in [0.717, 1.165) is 42.9 Å². The van der Waals surface area contributed by atoms with Crippen molar-refractivity contribution in [1.82, 2.24) is 0 Å². The molecule has 0 fully saturated rings. The first-order valence-corrected chi connectivity index (χ1v) is 6.45. The Morgan fingerprint density at radius 1 is 1.21 bits per heavy atom. The molecule has 0 spiro atoms. The highest BCUT2D eigenvalue weighted by molar-refractivity contribution is 5.69. The number of hydrogen-bond acceptors (Lipinski definition) is 1. The molecule has 1 aromatic rings. The molecule has 0 saturated heterocycles. The van der Waals surface area contributed by atoms with Crippen molar-refractivity contribution >= 4 is 5.57 Å². The minimum Gasteiger partial charge on any atom is -0.389 e. The summed E-state index contributed by atoms with van der Waals surface area (Å²) in [5.74, 6) is 0. The van der Waals surface area contributed by atoms with Crippen molar-refractivity contribution in [1.29, 1.82) is 0 Å². The molecule has 0 heterocycles. The topological polar surface area (TPSA) is 20.2 Å². The third-order valence-corrected chi connectivity index (χ3v) is 3.49. The van der Waals surface area contributed by atoms with Gasteiger partial charge in [-0.3, -0.25) is 0 Å². The lowest BCUT2D eigenvalue weighted by Gasteiger charge is -2.13. The zero-order valence-corrected chi connectivity index (χ0v) is 10.8. The zero-order chi connectivity index (χ0) is 14.0. The maximum atomic E-state index is 12.6. The summed E-state index contributed by atoms with van der Waals surface area (Å²) >= 11 is 0. The largest absolute Gasteiger partial charge is 0.416 e. The van der Waals surface area contributed by atoms with Crippen molar-refractivity contribution in [3.63, 3.8) is 0 Å². The summed E-state index contributed by atoms with van der Waals surface area (Å²) in [4.78, 5) is 0. The highest BCUT2D eigenvalue weighted by atomic mass is 19.4. The minimum absolute atomic E-state index is 0.487. The Morgan fingerprint density at radius 3 is 2.58 bits per heavy atom. The minimum atomic E-state index is -4.30. The van der Waals surface area contributed by atoms with Gasteiger partial charge in [0.2, 0.25) is 0 Å². The van der Waals surface area contributed by atoms with Crippen LogP contribution in [0.15, 0.2) is 24.3 Å². The Bertz CT molecular complexity index is 489. The Balaban J connectivity index is 2.35. The molecule has 1 aliphatic rings. The average Bonchev–Trinajstić information content (AvgIpc) is 2.52. The molecule has 2 rings (SSSR count). The second kappa shape index (κ2) is 5.37. The fourth-order valence-corrected chi connectivity index (χ4v) is 2.49. The molecule has 104 valence electrons. The van der Waals surface area contributed by atoms with Gasteiger partial charge in [-0.05, 0) is 55.0 Å². The van der Waals surface area contributed by atoms with Gasteiger partial charge in [0.25, 0.3) is 0 Å². The fraction of sp³-hybridized carbons (Fsp3) is 0.467. The summed E-state index contributed by atoms with van der Waals surface area (Å²) < 4.78 is 37.8. The second-order valence-electron chi connectivity index (χ2n) is 5.03. The SMILES string of the molecule is Cc1cc(C(F)(F)F)ccc1C1=CC(O)CCCC1. The van der Waals surface area contributed by atoms with Gasteiger partial charge in [-0.2, -0.15) is 13.2 Å². The molecule has 1 aliphatic carbocycles. The molecule has 1 N–H and O–H groups in total. The third kappa shape index (κ3) is 3.38. The summed E-state index contributed by atoms with van der Waals surface area (Å²) in [7, 11) is 0. The van der Waals surface area contributed by atoms with Crippen LogP contribution in [0.3, 0.4) is 0 Å². The van der Waals surface area contributed by atoms with Crippen molar-refractivity contribution in [2.45, 2.75) is 44.9 Å². The first kappa shape index (κ1) is 14.1. The predicted molar refractivity (Wildman–Crippen MR) is 68.6 cm³/mol. The van der Waals surface area contributed by atoms with Crippen LogP contribution in [0.25, 0.3) is 5.57 Å². The lowest BCUT2D eigenvalue weighted by molar-refractivity contribution is -0.137. The van der Waals surface area contributed by atoms with Gasteiger partial charge in [-0.25, -0.2) is 0 Å². The standard InChI is InChI=1S/C15H17F3O/c1-10-8-12(15(16,17)18)6-7-14(10)11-4-2-3-5-13(19)9-11/h6-9,13,19H,2-5H2,1H3. The molecule has 0 saturated carbocycles. The van der Waals surface area contributed by atoms with Crippen LogP contribution < -0.4 is 0 Å². The Hall–Kier alpha value is -1.29. The van der Waals surface area contributed by atoms with Crippen molar-refractivity contribution in [3.05, 3.63) is 41.0 Å². The van der Waals surface area contributed by atoms with Crippen molar-refractivity contribution in [2.24, 2.45) is 0 Å². The summed E-state index contributed by atoms with van der Waals surface area (Å²) in [5, 5.41) is 9.74. The number of rotatable bonds is 1. The van der Waals surface area contributed by atoms with Crippen LogP contribution in [-0.4, -0.2) is 11.2 Å². The van der Waals surface area contributed by atoms with E-state index in [0.29, 0.717) is 5.56 Å². The van der Waals surface area contributed by atoms with Crippen LogP contribution in [-0.2, 0) is 6.18 Å². The van der Waals surface area contributed by atoms with Crippen LogP contribution in [0.1, 0.15) is 42.4 Å². The predicted octanol–water partition coefficient (Wildman–Crippen LogP) is 4.33. The van der Waals surface area contributed by atoms with Crippen LogP contribution in [0, 0.1) is 6.92 Å². The molecule has 4 heteroatoms. The van der Waals surface area contributed by atoms with Gasteiger partial charge in [0, 0.05) is 0 Å². The Kier molecular flexibility index (Phi) is 3.99. The van der Waals surface area contributed by atoms with Crippen LogP contribution in [0.5, 0.6) is 0 Å². The molecule has 1 nitrogen and oxygen atoms in total. The van der Waals surface area contributed by atoms with E-state index in [1.807, 2.05) is 0 Å². The molecule has 0 aromatic heterocycles. The molecule has 1 atom stereocenters. The van der Waals surface area contributed by atoms with Crippen molar-refractivity contribution < 1.29 is 18.3 Å². The molecular formula is C15H17F3O. The highest BCUT2D eigenvalue weighted by Crippen LogP contribution is 2.34. The number of aryl methyl sites for hydroxylation is 1. The van der Waals surface area contributed by atoms with Gasteiger partial charge in [-0.15, -0.1) is 0 Å². The Morgan fingerprint density at radius 2 is 1.95 bits per heavy atom. The summed E-state index contributed by atoms with van der Waals surface area (Å²) in [5.41, 5.74) is 1.75. The number of hydrogen-bond donors (Lipinski definition) is 1. The van der Waals surface area contributed by atoms with Gasteiger partial charge in [0.05, 0.1) is 11.7 Å². The number of aliphatic hydroxyl groups is 1. The first-order valence-electron chi connectivity index (χ1n) is 6.45. The molecule has 0 bridgehead atoms. The van der Waals surface area contributed by atoms with Crippen molar-refractivity contribution in [3.8, 4) is 0 Å². The molecule has 0 aliphatic heterocycles. The van der Waals surface area contributed by atoms with Crippen LogP contribution in [0.2, 0.25) is 0 Å². The fourth-order valence-electron chi connectivity index (χ4n) is 2.49. The number of benzene rings is 1. The maximum Gasteiger partial charge on any atom is 0.416 e. The van der Waals surface area contributed by atoms with E-state index in [-0.39, 0.29) is 0 Å². The van der Waals surface area contributed by atoms with Crippen LogP contribution >= 0.6 is 0 Å². The second-order valence-corrected chi connectivity index (χ2v) is 5.03. The third-order valence-electron chi connectivity index (χ3n) is 3.49. The monoisotopic (exact) mass is 270 g/mol. The maximum absolute atomic E-state index is 12.6. The van der Waals surface area contributed by atoms with Gasteiger partial charge >= 0.3 is 6.18 Å². The molecule has 1 unspecified atom stereocenters. The van der Waals surface area contributed by atoms with E-state index in [9.17, 15) is 18.3 Å². The van der Waals surface area contributed by atoms with E-state index < -0.39 is 17.8 Å². The molecular weight excluding hydrogens is 253 g/mol. The summed E-state index contributed by atoms with van der Waals surface area (Å²) in [6.45, 7) is 1.68. The van der Waals surface area contributed by atoms with E-state index in [1.54, 1.807) is 13.0 Å². The number of aliphatic hydroxyl groups excluding tert-OH is 1. The van der Waals surface area contributed by atoms with Gasteiger partial charge in [0.1, 0.15) is 0 Å². The number of halogens is 3. The van der Waals surface area contributed by atoms with E-state index in [2.05, 4.69) is 0 Å². The quantitative estimate of drug-likeness (QED) is 0.805. The smallest absolute Gasteiger partial charge is 0.389 e. The summed E-state index contributed by atoms with van der Waals surface area (Å²) in [6, 6.07) is 3.80. The van der Waals surface area contributed by atoms with Gasteiger partial charge < -0.3 is 5.11 Å². The highest BCUT2D eigenvalue weighted by Gasteiger charge is 2.30. The Labute approximate surface area is 110 Å².